The van der Waals surface area contributed by atoms with Gasteiger partial charge in [-0.1, -0.05) is 12.6 Å². The molecule has 5 nitrogen and oxygen atoms in total. The van der Waals surface area contributed by atoms with Crippen molar-refractivity contribution in [2.45, 2.75) is 6.18 Å². The van der Waals surface area contributed by atoms with E-state index in [1.807, 2.05) is 0 Å². The minimum absolute atomic E-state index is 0.165. The summed E-state index contributed by atoms with van der Waals surface area (Å²) >= 11 is 0. The normalized spacial score (nSPS) is 11.2. The maximum absolute atomic E-state index is 12.6. The molecule has 110 valence electrons. The zero-order valence-electron chi connectivity index (χ0n) is 10.5. The van der Waals surface area contributed by atoms with E-state index in [2.05, 4.69) is 11.7 Å². The fraction of sp³-hybridized carbons (Fsp3) is 0.0769. The van der Waals surface area contributed by atoms with Crippen LogP contribution in [0.15, 0.2) is 37.0 Å². The number of ether oxygens (including phenoxy) is 1. The molecular weight excluding hydrogens is 289 g/mol. The second-order valence-corrected chi connectivity index (χ2v) is 3.94. The first-order valence-electron chi connectivity index (χ1n) is 5.61. The Balaban J connectivity index is 2.36. The summed E-state index contributed by atoms with van der Waals surface area (Å²) in [5, 5.41) is 12.7. The van der Waals surface area contributed by atoms with Gasteiger partial charge in [0.1, 0.15) is 11.3 Å². The van der Waals surface area contributed by atoms with Crippen LogP contribution in [0, 0.1) is 0 Å². The average molecular weight is 298 g/mol. The van der Waals surface area contributed by atoms with Crippen LogP contribution in [0.1, 0.15) is 15.9 Å². The van der Waals surface area contributed by atoms with E-state index in [1.54, 1.807) is 0 Å². The first kappa shape index (κ1) is 14.6. The number of carbonyl (C=O) groups is 1. The molecule has 0 aliphatic carbocycles. The number of hydrogen-bond acceptors (Lipinski definition) is 3. The van der Waals surface area contributed by atoms with Crippen molar-refractivity contribution in [1.29, 1.82) is 0 Å². The van der Waals surface area contributed by atoms with Crippen LogP contribution in [0.5, 0.6) is 11.6 Å². The molecule has 0 amide bonds. The van der Waals surface area contributed by atoms with Crippen molar-refractivity contribution in [1.82, 2.24) is 9.78 Å². The lowest BCUT2D eigenvalue weighted by Crippen LogP contribution is -2.04. The molecule has 1 N–H and O–H groups in total. The van der Waals surface area contributed by atoms with Crippen molar-refractivity contribution >= 4 is 12.2 Å². The zero-order valence-corrected chi connectivity index (χ0v) is 10.5. The molecule has 0 saturated heterocycles. The van der Waals surface area contributed by atoms with Gasteiger partial charge in [0.15, 0.2) is 0 Å². The molecule has 0 fully saturated rings. The van der Waals surface area contributed by atoms with Gasteiger partial charge in [-0.3, -0.25) is 0 Å². The third kappa shape index (κ3) is 3.22. The maximum atomic E-state index is 12.6. The van der Waals surface area contributed by atoms with Crippen molar-refractivity contribution in [2.24, 2.45) is 0 Å². The largest absolute Gasteiger partial charge is 0.477 e. The van der Waals surface area contributed by atoms with Gasteiger partial charge in [-0.15, -0.1) is 5.10 Å². The van der Waals surface area contributed by atoms with Gasteiger partial charge in [-0.2, -0.15) is 13.2 Å². The number of hydrogen-bond donors (Lipinski definition) is 1. The number of carboxylic acids is 1. The van der Waals surface area contributed by atoms with Crippen LogP contribution in [0.3, 0.4) is 0 Å². The Morgan fingerprint density at radius 2 is 2.14 bits per heavy atom. The first-order valence-corrected chi connectivity index (χ1v) is 5.61. The van der Waals surface area contributed by atoms with E-state index < -0.39 is 17.7 Å². The van der Waals surface area contributed by atoms with Crippen LogP contribution >= 0.6 is 0 Å². The molecule has 1 aromatic heterocycles. The molecule has 8 heteroatoms. The van der Waals surface area contributed by atoms with E-state index >= 15 is 0 Å². The highest BCUT2D eigenvalue weighted by Crippen LogP contribution is 2.33. The fourth-order valence-corrected chi connectivity index (χ4v) is 1.54. The molecule has 1 heterocycles. The Kier molecular flexibility index (Phi) is 3.70. The summed E-state index contributed by atoms with van der Waals surface area (Å²) in [4.78, 5) is 11.0. The van der Waals surface area contributed by atoms with Crippen LogP contribution in [0.2, 0.25) is 0 Å². The zero-order chi connectivity index (χ0) is 15.6. The molecule has 0 bridgehead atoms. The van der Waals surface area contributed by atoms with E-state index in [-0.39, 0.29) is 17.2 Å². The van der Waals surface area contributed by atoms with Gasteiger partial charge in [0.2, 0.25) is 0 Å². The number of nitrogens with zero attached hydrogens (tertiary/aromatic N) is 2. The number of alkyl halides is 3. The summed E-state index contributed by atoms with van der Waals surface area (Å²) in [5.41, 5.74) is -1.19. The number of carboxylic acid groups (broad SMARTS) is 1. The van der Waals surface area contributed by atoms with E-state index in [1.165, 1.54) is 12.3 Å². The topological polar surface area (TPSA) is 64.4 Å². The van der Waals surface area contributed by atoms with E-state index in [4.69, 9.17) is 9.84 Å². The number of aromatic carboxylic acids is 1. The fourth-order valence-electron chi connectivity index (χ4n) is 1.54. The number of halogens is 3. The van der Waals surface area contributed by atoms with Gasteiger partial charge < -0.3 is 9.84 Å². The maximum Gasteiger partial charge on any atom is 0.416 e. The summed E-state index contributed by atoms with van der Waals surface area (Å²) in [7, 11) is 0. The molecule has 0 spiro atoms. The lowest BCUT2D eigenvalue weighted by atomic mass is 10.2. The third-order valence-corrected chi connectivity index (χ3v) is 2.49. The molecule has 0 aliphatic heterocycles. The molecular formula is C13H9F3N2O3. The molecule has 0 aliphatic rings. The van der Waals surface area contributed by atoms with Crippen molar-refractivity contribution in [3.05, 3.63) is 48.2 Å². The summed E-state index contributed by atoms with van der Waals surface area (Å²) in [5.74, 6) is -1.80. The summed E-state index contributed by atoms with van der Waals surface area (Å²) < 4.78 is 44.0. The minimum atomic E-state index is -4.52. The van der Waals surface area contributed by atoms with E-state index in [0.29, 0.717) is 0 Å². The Bertz CT molecular complexity index is 692. The molecule has 21 heavy (non-hydrogen) atoms. The highest BCUT2D eigenvalue weighted by Gasteiger charge is 2.30. The Morgan fingerprint density at radius 3 is 2.71 bits per heavy atom. The average Bonchev–Trinajstić information content (AvgIpc) is 2.81. The predicted octanol–water partition coefficient (Wildman–Crippen LogP) is 3.49. The molecule has 0 radical (unpaired) electrons. The van der Waals surface area contributed by atoms with Crippen molar-refractivity contribution in [3.63, 3.8) is 0 Å². The van der Waals surface area contributed by atoms with E-state index in [0.717, 1.165) is 29.1 Å². The van der Waals surface area contributed by atoms with Gasteiger partial charge >= 0.3 is 12.1 Å². The molecule has 0 atom stereocenters. The van der Waals surface area contributed by atoms with Crippen LogP contribution < -0.4 is 4.74 Å². The smallest absolute Gasteiger partial charge is 0.416 e. The summed E-state index contributed by atoms with van der Waals surface area (Å²) in [6, 6.07) is 4.07. The van der Waals surface area contributed by atoms with Gasteiger partial charge in [0.25, 0.3) is 5.88 Å². The standard InChI is InChI=1S/C13H9F3N2O3/c1-2-18-7-10(12(19)20)11(17-18)21-9-5-3-4-8(6-9)13(14,15)16/h2-7H,1H2,(H,19,20). The lowest BCUT2D eigenvalue weighted by Gasteiger charge is -2.08. The van der Waals surface area contributed by atoms with Gasteiger partial charge in [0.05, 0.1) is 5.56 Å². The summed E-state index contributed by atoms with van der Waals surface area (Å²) in [6.07, 6.45) is -2.15. The number of aromatic nitrogens is 2. The Morgan fingerprint density at radius 1 is 1.43 bits per heavy atom. The summed E-state index contributed by atoms with van der Waals surface area (Å²) in [6.45, 7) is 3.40. The first-order chi connectivity index (χ1) is 9.81. The number of rotatable bonds is 4. The minimum Gasteiger partial charge on any atom is -0.477 e. The van der Waals surface area contributed by atoms with Gasteiger partial charge in [-0.25, -0.2) is 9.48 Å². The molecule has 2 aromatic rings. The Labute approximate surface area is 116 Å². The lowest BCUT2D eigenvalue weighted by molar-refractivity contribution is -0.137. The monoisotopic (exact) mass is 298 g/mol. The number of benzene rings is 1. The van der Waals surface area contributed by atoms with Gasteiger partial charge in [-0.05, 0) is 18.2 Å². The second kappa shape index (κ2) is 5.31. The SMILES string of the molecule is C=Cn1cc(C(=O)O)c(Oc2cccc(C(F)(F)F)c2)n1. The van der Waals surface area contributed by atoms with Crippen molar-refractivity contribution < 1.29 is 27.8 Å². The van der Waals surface area contributed by atoms with Crippen LogP contribution in [-0.4, -0.2) is 20.9 Å². The molecule has 0 saturated carbocycles. The van der Waals surface area contributed by atoms with Crippen LogP contribution in [-0.2, 0) is 6.18 Å². The molecule has 0 unspecified atom stereocenters. The third-order valence-electron chi connectivity index (χ3n) is 2.49. The van der Waals surface area contributed by atoms with Crippen LogP contribution in [0.25, 0.3) is 6.20 Å². The highest BCUT2D eigenvalue weighted by atomic mass is 19.4. The predicted molar refractivity (Wildman–Crippen MR) is 67.1 cm³/mol. The second-order valence-electron chi connectivity index (χ2n) is 3.94. The van der Waals surface area contributed by atoms with Crippen molar-refractivity contribution in [2.75, 3.05) is 0 Å². The van der Waals surface area contributed by atoms with Gasteiger partial charge in [0, 0.05) is 12.4 Å². The van der Waals surface area contributed by atoms with E-state index in [9.17, 15) is 18.0 Å². The van der Waals surface area contributed by atoms with Crippen molar-refractivity contribution in [3.8, 4) is 11.6 Å². The Hall–Kier alpha value is -2.77. The molecule has 1 aromatic carbocycles. The highest BCUT2D eigenvalue weighted by molar-refractivity contribution is 5.90. The van der Waals surface area contributed by atoms with Crippen LogP contribution in [0.4, 0.5) is 13.2 Å². The molecule has 2 rings (SSSR count). The quantitative estimate of drug-likeness (QED) is 0.938.